The molecule has 144 valence electrons. The molecule has 2 N–H and O–H groups in total. The van der Waals surface area contributed by atoms with Gasteiger partial charge in [0, 0.05) is 29.4 Å². The highest BCUT2D eigenvalue weighted by molar-refractivity contribution is 7.95. The quantitative estimate of drug-likeness (QED) is 0.283. The van der Waals surface area contributed by atoms with Crippen LogP contribution >= 0.6 is 12.0 Å². The van der Waals surface area contributed by atoms with E-state index >= 15 is 0 Å². The molecule has 0 amide bonds. The summed E-state index contributed by atoms with van der Waals surface area (Å²) >= 11 is 1.20. The maximum atomic E-state index is 8.27. The summed E-state index contributed by atoms with van der Waals surface area (Å²) in [7, 11) is 0. The Balaban J connectivity index is 1.34. The minimum Gasteiger partial charge on any atom is -0.311 e. The van der Waals surface area contributed by atoms with Gasteiger partial charge in [0.15, 0.2) is 0 Å². The summed E-state index contributed by atoms with van der Waals surface area (Å²) in [4.78, 5) is 0. The number of rotatable bonds is 7. The van der Waals surface area contributed by atoms with Crippen molar-refractivity contribution in [3.05, 3.63) is 0 Å². The standard InChI is InChI=1S/C18H33N3O3S/c22-23-24-25-18-8-4-7-17(13-18)21-20-16-11-9-15(10-12-16)19-14-5-2-1-3-6-14/h14-19,22H,1-13H2. The van der Waals surface area contributed by atoms with Gasteiger partial charge in [-0.2, -0.15) is 10.2 Å². The van der Waals surface area contributed by atoms with Crippen LogP contribution < -0.4 is 5.32 Å². The van der Waals surface area contributed by atoms with E-state index in [1.165, 1.54) is 69.8 Å². The first-order valence-corrected chi connectivity index (χ1v) is 10.9. The Kier molecular flexibility index (Phi) is 8.46. The Morgan fingerprint density at radius 3 is 2.24 bits per heavy atom. The van der Waals surface area contributed by atoms with Gasteiger partial charge in [-0.05, 0) is 57.8 Å². The van der Waals surface area contributed by atoms with Crippen molar-refractivity contribution in [1.82, 2.24) is 5.32 Å². The second-order valence-corrected chi connectivity index (χ2v) is 8.91. The summed E-state index contributed by atoms with van der Waals surface area (Å²) in [5.74, 6) is 0. The topological polar surface area (TPSA) is 75.4 Å². The largest absolute Gasteiger partial charge is 0.311 e. The molecule has 0 saturated heterocycles. The highest BCUT2D eigenvalue weighted by atomic mass is 32.2. The second kappa shape index (κ2) is 10.8. The van der Waals surface area contributed by atoms with Crippen molar-refractivity contribution in [3.8, 4) is 0 Å². The molecule has 0 aliphatic heterocycles. The van der Waals surface area contributed by atoms with E-state index in [1.807, 2.05) is 0 Å². The Labute approximate surface area is 155 Å². The summed E-state index contributed by atoms with van der Waals surface area (Å²) in [6, 6.07) is 2.17. The SMILES string of the molecule is OOOSC1CCCC(N=NC2CCC(NC3CCCCC3)CC2)C1. The molecule has 0 radical (unpaired) electrons. The van der Waals surface area contributed by atoms with Gasteiger partial charge >= 0.3 is 0 Å². The molecule has 2 unspecified atom stereocenters. The van der Waals surface area contributed by atoms with E-state index in [9.17, 15) is 0 Å². The highest BCUT2D eigenvalue weighted by Gasteiger charge is 2.26. The lowest BCUT2D eigenvalue weighted by atomic mass is 9.89. The molecule has 3 aliphatic rings. The first-order chi connectivity index (χ1) is 12.3. The molecule has 0 spiro atoms. The third-order valence-corrected chi connectivity index (χ3v) is 6.81. The fraction of sp³-hybridized carbons (Fsp3) is 1.00. The van der Waals surface area contributed by atoms with E-state index in [2.05, 4.69) is 24.9 Å². The van der Waals surface area contributed by atoms with Crippen molar-refractivity contribution in [2.24, 2.45) is 10.2 Å². The van der Waals surface area contributed by atoms with Gasteiger partial charge in [0.1, 0.15) is 0 Å². The first-order valence-electron chi connectivity index (χ1n) is 10.1. The molecular formula is C18H33N3O3S. The predicted molar refractivity (Wildman–Crippen MR) is 99.3 cm³/mol. The number of hydrogen-bond donors (Lipinski definition) is 2. The molecule has 0 heterocycles. The fourth-order valence-electron chi connectivity index (χ4n) is 4.53. The molecule has 3 fully saturated rings. The first kappa shape index (κ1) is 19.5. The Bertz CT molecular complexity index is 399. The third-order valence-electron chi connectivity index (χ3n) is 5.97. The number of nitrogens with one attached hydrogen (secondary N) is 1. The fourth-order valence-corrected chi connectivity index (χ4v) is 5.24. The molecule has 7 heteroatoms. The average Bonchev–Trinajstić information content (AvgIpc) is 2.67. The van der Waals surface area contributed by atoms with Crippen LogP contribution in [0, 0.1) is 0 Å². The van der Waals surface area contributed by atoms with Gasteiger partial charge in [0.25, 0.3) is 0 Å². The molecule has 25 heavy (non-hydrogen) atoms. The van der Waals surface area contributed by atoms with Crippen molar-refractivity contribution < 1.29 is 14.6 Å². The summed E-state index contributed by atoms with van der Waals surface area (Å²) < 4.78 is 4.58. The van der Waals surface area contributed by atoms with Gasteiger partial charge in [0.05, 0.1) is 12.1 Å². The summed E-state index contributed by atoms with van der Waals surface area (Å²) in [5, 5.41) is 25.5. The Hall–Kier alpha value is -0.210. The summed E-state index contributed by atoms with van der Waals surface area (Å²) in [6.07, 6.45) is 16.1. The molecule has 3 aliphatic carbocycles. The zero-order chi connectivity index (χ0) is 17.3. The maximum Gasteiger partial charge on any atom is 0.0719 e. The van der Waals surface area contributed by atoms with Crippen molar-refractivity contribution in [2.45, 2.75) is 113 Å². The monoisotopic (exact) mass is 371 g/mol. The zero-order valence-corrected chi connectivity index (χ0v) is 16.0. The molecule has 6 nitrogen and oxygen atoms in total. The lowest BCUT2D eigenvalue weighted by molar-refractivity contribution is -0.432. The van der Waals surface area contributed by atoms with Gasteiger partial charge in [0.2, 0.25) is 0 Å². The van der Waals surface area contributed by atoms with Crippen molar-refractivity contribution in [2.75, 3.05) is 0 Å². The van der Waals surface area contributed by atoms with Gasteiger partial charge < -0.3 is 5.32 Å². The highest BCUT2D eigenvalue weighted by Crippen LogP contribution is 2.31. The van der Waals surface area contributed by atoms with Crippen molar-refractivity contribution >= 4 is 12.0 Å². The molecule has 2 atom stereocenters. The van der Waals surface area contributed by atoms with Crippen LogP contribution in [0.1, 0.15) is 83.5 Å². The average molecular weight is 372 g/mol. The van der Waals surface area contributed by atoms with Gasteiger partial charge in [-0.15, -0.1) is 4.33 Å². The van der Waals surface area contributed by atoms with Gasteiger partial charge in [-0.3, -0.25) is 0 Å². The Morgan fingerprint density at radius 2 is 1.48 bits per heavy atom. The lowest BCUT2D eigenvalue weighted by Gasteiger charge is -2.32. The van der Waals surface area contributed by atoms with E-state index in [0.717, 1.165) is 31.7 Å². The van der Waals surface area contributed by atoms with Crippen LogP contribution in [0.25, 0.3) is 0 Å². The molecule has 3 rings (SSSR count). The minimum atomic E-state index is 0.298. The molecule has 0 aromatic carbocycles. The Morgan fingerprint density at radius 1 is 0.760 bits per heavy atom. The maximum absolute atomic E-state index is 8.27. The minimum absolute atomic E-state index is 0.298. The summed E-state index contributed by atoms with van der Waals surface area (Å²) in [5.41, 5.74) is 0. The van der Waals surface area contributed by atoms with Crippen molar-refractivity contribution in [1.29, 1.82) is 0 Å². The molecule has 0 aromatic heterocycles. The third kappa shape index (κ3) is 6.79. The van der Waals surface area contributed by atoms with Gasteiger partial charge in [-0.25, -0.2) is 5.26 Å². The predicted octanol–water partition coefficient (Wildman–Crippen LogP) is 5.05. The van der Waals surface area contributed by atoms with Gasteiger partial charge in [-0.1, -0.05) is 30.7 Å². The lowest BCUT2D eigenvalue weighted by Crippen LogP contribution is -2.41. The van der Waals surface area contributed by atoms with Crippen LogP contribution in [-0.2, 0) is 9.37 Å². The molecule has 0 bridgehead atoms. The molecular weight excluding hydrogens is 338 g/mol. The smallest absolute Gasteiger partial charge is 0.0719 e. The molecule has 0 aromatic rings. The van der Waals surface area contributed by atoms with E-state index in [-0.39, 0.29) is 0 Å². The van der Waals surface area contributed by atoms with Crippen LogP contribution in [0.5, 0.6) is 0 Å². The normalized spacial score (nSPS) is 35.2. The van der Waals surface area contributed by atoms with Crippen molar-refractivity contribution in [3.63, 3.8) is 0 Å². The van der Waals surface area contributed by atoms with Crippen LogP contribution in [0.3, 0.4) is 0 Å². The number of hydrogen-bond acceptors (Lipinski definition) is 7. The van der Waals surface area contributed by atoms with E-state index < -0.39 is 0 Å². The molecule has 3 saturated carbocycles. The van der Waals surface area contributed by atoms with E-state index in [0.29, 0.717) is 23.4 Å². The van der Waals surface area contributed by atoms with E-state index in [1.54, 1.807) is 0 Å². The zero-order valence-electron chi connectivity index (χ0n) is 15.1. The van der Waals surface area contributed by atoms with E-state index in [4.69, 9.17) is 5.26 Å². The van der Waals surface area contributed by atoms with Crippen LogP contribution in [0.2, 0.25) is 0 Å². The second-order valence-electron chi connectivity index (χ2n) is 7.92. The summed E-state index contributed by atoms with van der Waals surface area (Å²) in [6.45, 7) is 0. The van der Waals surface area contributed by atoms with Crippen LogP contribution in [0.4, 0.5) is 0 Å². The van der Waals surface area contributed by atoms with Crippen LogP contribution in [0.15, 0.2) is 10.2 Å². The van der Waals surface area contributed by atoms with Crippen LogP contribution in [-0.4, -0.2) is 34.7 Å². The number of nitrogens with zero attached hydrogens (tertiary/aromatic N) is 2. The number of azo groups is 1.